The zero-order valence-corrected chi connectivity index (χ0v) is 19.8. The molecule has 5 rings (SSSR count). The lowest BCUT2D eigenvalue weighted by atomic mass is 9.89. The van der Waals surface area contributed by atoms with E-state index in [2.05, 4.69) is 39.8 Å². The van der Waals surface area contributed by atoms with E-state index in [0.717, 1.165) is 71.9 Å². The number of fused-ring (bicyclic) bond motifs is 2. The van der Waals surface area contributed by atoms with E-state index in [4.69, 9.17) is 14.5 Å². The number of piperidine rings is 1. The Balaban J connectivity index is 1.51. The Hall–Kier alpha value is -3.32. The van der Waals surface area contributed by atoms with Gasteiger partial charge in [-0.05, 0) is 68.8 Å². The van der Waals surface area contributed by atoms with Gasteiger partial charge in [-0.3, -0.25) is 4.79 Å². The first kappa shape index (κ1) is 22.5. The minimum Gasteiger partial charge on any atom is -0.494 e. The molecule has 2 saturated heterocycles. The fraction of sp³-hybridized carbons (Fsp3) is 0.407. The van der Waals surface area contributed by atoms with Crippen molar-refractivity contribution in [2.45, 2.75) is 13.3 Å². The van der Waals surface area contributed by atoms with Gasteiger partial charge in [0.2, 0.25) is 5.91 Å². The zero-order chi connectivity index (χ0) is 23.5. The number of nitrogens with one attached hydrogen (secondary N) is 2. The average molecular weight is 461 g/mol. The van der Waals surface area contributed by atoms with Gasteiger partial charge in [-0.25, -0.2) is 4.98 Å². The minimum atomic E-state index is 0.0529. The summed E-state index contributed by atoms with van der Waals surface area (Å²) in [4.78, 5) is 19.8. The highest BCUT2D eigenvalue weighted by Crippen LogP contribution is 2.38. The molecule has 0 bridgehead atoms. The van der Waals surface area contributed by atoms with Crippen molar-refractivity contribution in [3.63, 3.8) is 0 Å². The van der Waals surface area contributed by atoms with Crippen LogP contribution in [-0.4, -0.2) is 57.3 Å². The first-order valence-corrected chi connectivity index (χ1v) is 12.1. The van der Waals surface area contributed by atoms with Crippen LogP contribution in [0.3, 0.4) is 0 Å². The number of pyridine rings is 1. The molecule has 0 unspecified atom stereocenters. The molecule has 2 atom stereocenters. The molecule has 7 heteroatoms. The van der Waals surface area contributed by atoms with E-state index in [9.17, 15) is 4.79 Å². The summed E-state index contributed by atoms with van der Waals surface area (Å²) < 4.78 is 11.5. The number of nitrogens with zero attached hydrogens (tertiary/aromatic N) is 2. The van der Waals surface area contributed by atoms with Crippen LogP contribution >= 0.6 is 0 Å². The van der Waals surface area contributed by atoms with Crippen molar-refractivity contribution in [2.24, 2.45) is 11.8 Å². The van der Waals surface area contributed by atoms with Crippen LogP contribution < -0.4 is 25.0 Å². The van der Waals surface area contributed by atoms with Crippen LogP contribution in [0.25, 0.3) is 22.2 Å². The van der Waals surface area contributed by atoms with Gasteiger partial charge < -0.3 is 25.0 Å². The molecule has 1 aromatic heterocycles. The van der Waals surface area contributed by atoms with Crippen LogP contribution in [-0.2, 0) is 4.79 Å². The summed E-state index contributed by atoms with van der Waals surface area (Å²) in [6, 6.07) is 16.3. The normalized spacial score (nSPS) is 19.7. The summed E-state index contributed by atoms with van der Waals surface area (Å²) in [5, 5.41) is 7.20. The second-order valence-corrected chi connectivity index (χ2v) is 8.97. The third-order valence-electron chi connectivity index (χ3n) is 6.77. The maximum atomic E-state index is 12.5. The van der Waals surface area contributed by atoms with Gasteiger partial charge in [0.1, 0.15) is 18.1 Å². The summed E-state index contributed by atoms with van der Waals surface area (Å²) in [6.45, 7) is 6.42. The highest BCUT2D eigenvalue weighted by molar-refractivity contribution is 5.95. The third kappa shape index (κ3) is 4.53. The number of benzene rings is 2. The van der Waals surface area contributed by atoms with Crippen LogP contribution in [0.2, 0.25) is 0 Å². The molecular formula is C27H32N4O3. The van der Waals surface area contributed by atoms with E-state index in [1.165, 1.54) is 0 Å². The predicted molar refractivity (Wildman–Crippen MR) is 135 cm³/mol. The van der Waals surface area contributed by atoms with Crippen molar-refractivity contribution < 1.29 is 14.3 Å². The number of rotatable bonds is 8. The maximum absolute atomic E-state index is 12.5. The highest BCUT2D eigenvalue weighted by atomic mass is 16.5. The van der Waals surface area contributed by atoms with Crippen molar-refractivity contribution in [1.82, 2.24) is 15.6 Å². The molecule has 1 amide bonds. The number of ether oxygens (including phenoxy) is 2. The molecule has 3 aromatic rings. The molecule has 0 spiro atoms. The first-order valence-electron chi connectivity index (χ1n) is 12.1. The lowest BCUT2D eigenvalue weighted by molar-refractivity contribution is -0.127. The number of hydrogen-bond donors (Lipinski definition) is 2. The Morgan fingerprint density at radius 2 is 1.91 bits per heavy atom. The molecular weight excluding hydrogens is 428 g/mol. The lowest BCUT2D eigenvalue weighted by Gasteiger charge is -2.23. The van der Waals surface area contributed by atoms with Crippen molar-refractivity contribution in [2.75, 3.05) is 51.3 Å². The predicted octanol–water partition coefficient (Wildman–Crippen LogP) is 3.47. The van der Waals surface area contributed by atoms with Crippen LogP contribution in [0.5, 0.6) is 11.5 Å². The summed E-state index contributed by atoms with van der Waals surface area (Å²) in [5.74, 6) is 2.29. The van der Waals surface area contributed by atoms with Crippen LogP contribution in [0, 0.1) is 11.8 Å². The molecule has 3 heterocycles. The molecule has 2 N–H and O–H groups in total. The lowest BCUT2D eigenvalue weighted by Crippen LogP contribution is -2.41. The Kier molecular flexibility index (Phi) is 6.54. The summed E-state index contributed by atoms with van der Waals surface area (Å²) in [6.07, 6.45) is 1.03. The zero-order valence-electron chi connectivity index (χ0n) is 19.8. The second kappa shape index (κ2) is 9.89. The number of anilines is 1. The maximum Gasteiger partial charge on any atom is 0.225 e. The quantitative estimate of drug-likeness (QED) is 0.502. The van der Waals surface area contributed by atoms with Crippen LogP contribution in [0.4, 0.5) is 5.69 Å². The van der Waals surface area contributed by atoms with Crippen molar-refractivity contribution in [1.29, 1.82) is 0 Å². The van der Waals surface area contributed by atoms with Crippen LogP contribution in [0.15, 0.2) is 48.5 Å². The van der Waals surface area contributed by atoms with E-state index in [-0.39, 0.29) is 11.8 Å². The van der Waals surface area contributed by atoms with Gasteiger partial charge in [-0.15, -0.1) is 0 Å². The number of amides is 1. The first-order chi connectivity index (χ1) is 16.7. The van der Waals surface area contributed by atoms with Crippen molar-refractivity contribution >= 4 is 22.5 Å². The molecule has 2 fully saturated rings. The van der Waals surface area contributed by atoms with Crippen molar-refractivity contribution in [3.05, 3.63) is 48.5 Å². The van der Waals surface area contributed by atoms with Gasteiger partial charge >= 0.3 is 0 Å². The second-order valence-electron chi connectivity index (χ2n) is 8.97. The number of carbonyl (C=O) groups excluding carboxylic acids is 1. The van der Waals surface area contributed by atoms with E-state index in [1.54, 1.807) is 0 Å². The summed E-state index contributed by atoms with van der Waals surface area (Å²) in [5.41, 5.74) is 3.95. The van der Waals surface area contributed by atoms with E-state index in [0.29, 0.717) is 19.1 Å². The average Bonchev–Trinajstić information content (AvgIpc) is 3.30. The SMILES string of the molecule is CCOc1ccc2c(N3C[C@@H]4CCNC(=O)[C@@H]4C3)cc(-c3ccc(OCCNC)cc3)nc2c1. The Bertz CT molecular complexity index is 1160. The van der Waals surface area contributed by atoms with Gasteiger partial charge in [0.05, 0.1) is 23.7 Å². The monoisotopic (exact) mass is 460 g/mol. The standard InChI is InChI=1S/C27H32N4O3/c1-3-33-21-8-9-22-25(14-21)30-24(18-4-6-20(7-5-18)34-13-12-28-2)15-26(22)31-16-19-10-11-29-27(32)23(19)17-31/h4-9,14-15,19,23,28H,3,10-13,16-17H2,1-2H3,(H,29,32)/t19-,23+/m0/s1. The number of carbonyl (C=O) groups is 1. The molecule has 2 aliphatic heterocycles. The van der Waals surface area contributed by atoms with Gasteiger partial charge in [0.25, 0.3) is 0 Å². The fourth-order valence-electron chi connectivity index (χ4n) is 5.02. The fourth-order valence-corrected chi connectivity index (χ4v) is 5.02. The van der Waals surface area contributed by atoms with Crippen molar-refractivity contribution in [3.8, 4) is 22.8 Å². The Labute approximate surface area is 200 Å². The number of likely N-dealkylation sites (N-methyl/N-ethyl adjacent to an activating group) is 1. The Morgan fingerprint density at radius 1 is 1.09 bits per heavy atom. The Morgan fingerprint density at radius 3 is 2.68 bits per heavy atom. The molecule has 2 aromatic carbocycles. The van der Waals surface area contributed by atoms with Gasteiger partial charge in [0.15, 0.2) is 0 Å². The molecule has 0 aliphatic carbocycles. The van der Waals surface area contributed by atoms with E-state index < -0.39 is 0 Å². The third-order valence-corrected chi connectivity index (χ3v) is 6.77. The smallest absolute Gasteiger partial charge is 0.225 e. The summed E-state index contributed by atoms with van der Waals surface area (Å²) in [7, 11) is 1.91. The number of aromatic nitrogens is 1. The molecule has 7 nitrogen and oxygen atoms in total. The molecule has 2 aliphatic rings. The molecule has 0 saturated carbocycles. The highest BCUT2D eigenvalue weighted by Gasteiger charge is 2.40. The molecule has 0 radical (unpaired) electrons. The largest absolute Gasteiger partial charge is 0.494 e. The number of hydrogen-bond acceptors (Lipinski definition) is 6. The minimum absolute atomic E-state index is 0.0529. The topological polar surface area (TPSA) is 75.7 Å². The molecule has 178 valence electrons. The van der Waals surface area contributed by atoms with E-state index >= 15 is 0 Å². The van der Waals surface area contributed by atoms with Gasteiger partial charge in [-0.2, -0.15) is 0 Å². The molecule has 34 heavy (non-hydrogen) atoms. The van der Waals surface area contributed by atoms with E-state index in [1.807, 2.05) is 38.2 Å². The van der Waals surface area contributed by atoms with Gasteiger partial charge in [0, 0.05) is 48.9 Å². The summed E-state index contributed by atoms with van der Waals surface area (Å²) >= 11 is 0. The van der Waals surface area contributed by atoms with Gasteiger partial charge in [-0.1, -0.05) is 0 Å². The van der Waals surface area contributed by atoms with Crippen LogP contribution in [0.1, 0.15) is 13.3 Å².